The van der Waals surface area contributed by atoms with Crippen LogP contribution >= 0.6 is 0 Å². The molecule has 1 aromatic rings. The highest BCUT2D eigenvalue weighted by Crippen LogP contribution is 2.21. The van der Waals surface area contributed by atoms with E-state index >= 15 is 0 Å². The first-order chi connectivity index (χ1) is 15.3. The van der Waals surface area contributed by atoms with Gasteiger partial charge in [-0.25, -0.2) is 5.48 Å². The van der Waals surface area contributed by atoms with Gasteiger partial charge in [-0.15, -0.1) is 0 Å². The number of hydrogen-bond acceptors (Lipinski definition) is 7. The number of hydroxylamine groups is 1. The summed E-state index contributed by atoms with van der Waals surface area (Å²) in [4.78, 5) is 23.6. The Labute approximate surface area is 190 Å². The molecule has 0 heterocycles. The fourth-order valence-electron chi connectivity index (χ4n) is 3.22. The molecule has 3 N–H and O–H groups in total. The standard InChI is InChI=1S/C24H36N2O6/c1-24(2,3)31-17-21(23(28)32-20-7-4-5-8-20)25-15-6-16-30-19-12-9-18(10-13-19)11-14-22(27)26-29/h9-14,20-21,25,29H,4-8,15-17H2,1-3H3,(H,26,27)/t21-/m0/s1. The van der Waals surface area contributed by atoms with Crippen molar-refractivity contribution in [1.82, 2.24) is 10.8 Å². The molecule has 1 atom stereocenters. The van der Waals surface area contributed by atoms with Crippen LogP contribution in [0, 0.1) is 0 Å². The highest BCUT2D eigenvalue weighted by atomic mass is 16.6. The van der Waals surface area contributed by atoms with Crippen LogP contribution in [0.1, 0.15) is 58.4 Å². The fraction of sp³-hybridized carbons (Fsp3) is 0.583. The van der Waals surface area contributed by atoms with E-state index in [4.69, 9.17) is 19.4 Å². The smallest absolute Gasteiger partial charge is 0.325 e. The number of carbonyl (C=O) groups excluding carboxylic acids is 2. The van der Waals surface area contributed by atoms with Crippen LogP contribution < -0.4 is 15.5 Å². The van der Waals surface area contributed by atoms with Crippen LogP contribution in [-0.2, 0) is 19.1 Å². The molecule has 0 bridgehead atoms. The molecule has 2 rings (SSSR count). The molecule has 8 heteroatoms. The Bertz CT molecular complexity index is 736. The van der Waals surface area contributed by atoms with Gasteiger partial charge in [-0.05, 0) is 83.2 Å². The molecule has 8 nitrogen and oxygen atoms in total. The van der Waals surface area contributed by atoms with Crippen molar-refractivity contribution in [3.05, 3.63) is 35.9 Å². The minimum absolute atomic E-state index is 0.0283. The van der Waals surface area contributed by atoms with Gasteiger partial charge < -0.3 is 19.5 Å². The summed E-state index contributed by atoms with van der Waals surface area (Å²) in [6, 6.07) is 6.74. The number of carbonyl (C=O) groups is 2. The van der Waals surface area contributed by atoms with E-state index in [-0.39, 0.29) is 24.3 Å². The first kappa shape index (κ1) is 25.8. The van der Waals surface area contributed by atoms with E-state index in [1.165, 1.54) is 6.08 Å². The van der Waals surface area contributed by atoms with Crippen molar-refractivity contribution in [3.63, 3.8) is 0 Å². The SMILES string of the molecule is CC(C)(C)OC[C@H](NCCCOc1ccc(C=CC(=O)NO)cc1)C(=O)OC1CCCC1. The molecule has 1 amide bonds. The Balaban J connectivity index is 1.74. The van der Waals surface area contributed by atoms with E-state index in [2.05, 4.69) is 5.32 Å². The maximum absolute atomic E-state index is 12.6. The minimum Gasteiger partial charge on any atom is -0.494 e. The Hall–Kier alpha value is -2.42. The van der Waals surface area contributed by atoms with Gasteiger partial charge in [0.05, 0.1) is 18.8 Å². The summed E-state index contributed by atoms with van der Waals surface area (Å²) in [5, 5.41) is 11.7. The minimum atomic E-state index is -0.587. The quantitative estimate of drug-likeness (QED) is 0.148. The van der Waals surface area contributed by atoms with Crippen molar-refractivity contribution < 1.29 is 29.0 Å². The van der Waals surface area contributed by atoms with Crippen LogP contribution in [0.25, 0.3) is 6.08 Å². The zero-order valence-electron chi connectivity index (χ0n) is 19.3. The largest absolute Gasteiger partial charge is 0.494 e. The van der Waals surface area contributed by atoms with E-state index in [0.717, 1.165) is 31.2 Å². The third-order valence-electron chi connectivity index (χ3n) is 4.95. The lowest BCUT2D eigenvalue weighted by atomic mass is 10.2. The number of esters is 1. The number of hydrogen-bond donors (Lipinski definition) is 3. The van der Waals surface area contributed by atoms with Gasteiger partial charge in [0.1, 0.15) is 17.9 Å². The van der Waals surface area contributed by atoms with Crippen molar-refractivity contribution >= 4 is 18.0 Å². The van der Waals surface area contributed by atoms with Crippen molar-refractivity contribution in [2.24, 2.45) is 0 Å². The van der Waals surface area contributed by atoms with Crippen LogP contribution in [-0.4, -0.2) is 54.6 Å². The van der Waals surface area contributed by atoms with Crippen LogP contribution in [0.5, 0.6) is 5.75 Å². The Kier molecular flexibility index (Phi) is 10.7. The van der Waals surface area contributed by atoms with Crippen LogP contribution in [0.2, 0.25) is 0 Å². The molecule has 32 heavy (non-hydrogen) atoms. The number of ether oxygens (including phenoxy) is 3. The van der Waals surface area contributed by atoms with Gasteiger partial charge in [-0.1, -0.05) is 12.1 Å². The van der Waals surface area contributed by atoms with Crippen LogP contribution in [0.15, 0.2) is 30.3 Å². The summed E-state index contributed by atoms with van der Waals surface area (Å²) in [6.07, 6.45) is 7.66. The number of rotatable bonds is 12. The summed E-state index contributed by atoms with van der Waals surface area (Å²) in [5.41, 5.74) is 2.02. The topological polar surface area (TPSA) is 106 Å². The summed E-state index contributed by atoms with van der Waals surface area (Å²) < 4.78 is 17.2. The lowest BCUT2D eigenvalue weighted by molar-refractivity contribution is -0.154. The lowest BCUT2D eigenvalue weighted by Gasteiger charge is -2.25. The maximum Gasteiger partial charge on any atom is 0.325 e. The molecule has 1 fully saturated rings. The monoisotopic (exact) mass is 448 g/mol. The first-order valence-electron chi connectivity index (χ1n) is 11.2. The molecule has 1 aromatic carbocycles. The first-order valence-corrected chi connectivity index (χ1v) is 11.2. The normalized spacial score (nSPS) is 15.6. The van der Waals surface area contributed by atoms with Gasteiger partial charge in [0.2, 0.25) is 0 Å². The van der Waals surface area contributed by atoms with E-state index < -0.39 is 11.9 Å². The van der Waals surface area contributed by atoms with Gasteiger partial charge in [0.15, 0.2) is 0 Å². The number of amides is 1. The average molecular weight is 449 g/mol. The Morgan fingerprint density at radius 2 is 1.88 bits per heavy atom. The molecule has 178 valence electrons. The molecule has 0 unspecified atom stereocenters. The molecule has 1 aliphatic carbocycles. The third-order valence-corrected chi connectivity index (χ3v) is 4.95. The van der Waals surface area contributed by atoms with Crippen LogP contribution in [0.4, 0.5) is 0 Å². The zero-order valence-corrected chi connectivity index (χ0v) is 19.3. The Morgan fingerprint density at radius 3 is 2.50 bits per heavy atom. The molecule has 0 saturated heterocycles. The highest BCUT2D eigenvalue weighted by molar-refractivity contribution is 5.90. The molecular weight excluding hydrogens is 412 g/mol. The van der Waals surface area contributed by atoms with Crippen LogP contribution in [0.3, 0.4) is 0 Å². The summed E-state index contributed by atoms with van der Waals surface area (Å²) in [7, 11) is 0. The molecule has 0 aromatic heterocycles. The average Bonchev–Trinajstić information content (AvgIpc) is 3.26. The van der Waals surface area contributed by atoms with Gasteiger partial charge in [-0.3, -0.25) is 14.8 Å². The predicted molar refractivity (Wildman–Crippen MR) is 121 cm³/mol. The van der Waals surface area contributed by atoms with Crippen molar-refractivity contribution in [1.29, 1.82) is 0 Å². The second-order valence-corrected chi connectivity index (χ2v) is 8.85. The lowest BCUT2D eigenvalue weighted by Crippen LogP contribution is -2.45. The van der Waals surface area contributed by atoms with Crippen molar-refractivity contribution in [3.8, 4) is 5.75 Å². The van der Waals surface area contributed by atoms with Gasteiger partial charge >= 0.3 is 5.97 Å². The van der Waals surface area contributed by atoms with Gasteiger partial charge in [-0.2, -0.15) is 0 Å². The second-order valence-electron chi connectivity index (χ2n) is 8.85. The summed E-state index contributed by atoms with van der Waals surface area (Å²) in [5.74, 6) is -0.126. The second kappa shape index (κ2) is 13.2. The zero-order chi connectivity index (χ0) is 23.4. The molecular formula is C24H36N2O6. The maximum atomic E-state index is 12.6. The number of nitrogens with one attached hydrogen (secondary N) is 2. The van der Waals surface area contributed by atoms with E-state index in [1.54, 1.807) is 11.6 Å². The molecule has 1 aliphatic rings. The fourth-order valence-corrected chi connectivity index (χ4v) is 3.22. The Morgan fingerprint density at radius 1 is 1.19 bits per heavy atom. The highest BCUT2D eigenvalue weighted by Gasteiger charge is 2.27. The summed E-state index contributed by atoms with van der Waals surface area (Å²) >= 11 is 0. The molecule has 0 aliphatic heterocycles. The van der Waals surface area contributed by atoms with Gasteiger partial charge in [0.25, 0.3) is 5.91 Å². The number of benzene rings is 1. The van der Waals surface area contributed by atoms with Crippen molar-refractivity contribution in [2.75, 3.05) is 19.8 Å². The van der Waals surface area contributed by atoms with Crippen molar-refractivity contribution in [2.45, 2.75) is 70.6 Å². The summed E-state index contributed by atoms with van der Waals surface area (Å²) in [6.45, 7) is 7.22. The molecule has 1 saturated carbocycles. The van der Waals surface area contributed by atoms with Gasteiger partial charge in [0, 0.05) is 6.08 Å². The van der Waals surface area contributed by atoms with E-state index in [0.29, 0.717) is 25.3 Å². The molecule has 0 spiro atoms. The predicted octanol–water partition coefficient (Wildman–Crippen LogP) is 3.23. The van der Waals surface area contributed by atoms with E-state index in [1.807, 2.05) is 45.0 Å². The third kappa shape index (κ3) is 10.3. The molecule has 0 radical (unpaired) electrons. The van der Waals surface area contributed by atoms with E-state index in [9.17, 15) is 9.59 Å².